The second kappa shape index (κ2) is 8.79. The number of nitrogens with one attached hydrogen (secondary N) is 1. The summed E-state index contributed by atoms with van der Waals surface area (Å²) in [7, 11) is 2.01. The molecule has 7 heteroatoms. The second-order valence-corrected chi connectivity index (χ2v) is 11.1. The molecule has 2 aromatic rings. The van der Waals surface area contributed by atoms with Crippen molar-refractivity contribution in [2.75, 3.05) is 20.1 Å². The maximum absolute atomic E-state index is 15.2. The number of ether oxygens (including phenoxy) is 1. The highest BCUT2D eigenvalue weighted by molar-refractivity contribution is 5.95. The molecule has 1 spiro atoms. The molecule has 0 radical (unpaired) electrons. The maximum Gasteiger partial charge on any atom is 0.339 e. The summed E-state index contributed by atoms with van der Waals surface area (Å²) in [4.78, 5) is 27.4. The van der Waals surface area contributed by atoms with Crippen LogP contribution in [0.25, 0.3) is 11.1 Å². The number of carbonyl (C=O) groups is 2. The zero-order valence-corrected chi connectivity index (χ0v) is 20.4. The van der Waals surface area contributed by atoms with Crippen LogP contribution in [0.1, 0.15) is 53.6 Å². The van der Waals surface area contributed by atoms with Gasteiger partial charge in [-0.05, 0) is 73.5 Å². The van der Waals surface area contributed by atoms with Gasteiger partial charge in [-0.25, -0.2) is 9.18 Å². The minimum Gasteiger partial charge on any atom is -0.449 e. The number of Topliss-reactive ketones (excluding diaryl/α,β-unsaturated/α-hetero) is 1. The minimum atomic E-state index is -0.629. The van der Waals surface area contributed by atoms with Crippen molar-refractivity contribution in [2.45, 2.75) is 56.2 Å². The number of benzene rings is 2. The van der Waals surface area contributed by atoms with Crippen molar-refractivity contribution in [3.63, 3.8) is 0 Å². The van der Waals surface area contributed by atoms with E-state index in [1.54, 1.807) is 12.1 Å². The van der Waals surface area contributed by atoms with Crippen LogP contribution in [0.5, 0.6) is 0 Å². The third-order valence-electron chi connectivity index (χ3n) is 8.63. The number of carbonyl (C=O) groups excluding carboxylic acids is 2. The Labute approximate surface area is 210 Å². The number of hydrogen-bond acceptors (Lipinski definition) is 6. The number of likely N-dealkylation sites (N-methyl/N-ethyl adjacent to an activating group) is 1. The maximum atomic E-state index is 15.2. The van der Waals surface area contributed by atoms with Gasteiger partial charge in [0.15, 0.2) is 11.4 Å². The lowest BCUT2D eigenvalue weighted by atomic mass is 9.87. The standard InChI is InChI=1S/C29H30FN3O3/c1-33-9-8-29(16-33)24-13-18(5-7-23(24)28(35)36-29)19-2-3-20(25(30)14-19)10-17(15-31)11-26(34)27-21-4-6-22(12-21)32-27/h2-3,5,7,13-14,17,21-22,27,32H,4,6,8-12,16H2,1H3/t17-,21+,22-,27+,29?/m1/s1. The first-order chi connectivity index (χ1) is 17.3. The minimum absolute atomic E-state index is 0.0761. The monoisotopic (exact) mass is 487 g/mol. The molecule has 6 rings (SSSR count). The number of ketones is 1. The number of esters is 1. The summed E-state index contributed by atoms with van der Waals surface area (Å²) < 4.78 is 21.0. The fourth-order valence-electron chi connectivity index (χ4n) is 6.74. The Morgan fingerprint density at radius 2 is 2.08 bits per heavy atom. The zero-order chi connectivity index (χ0) is 25.0. The van der Waals surface area contributed by atoms with Gasteiger partial charge < -0.3 is 15.0 Å². The molecule has 6 nitrogen and oxygen atoms in total. The summed E-state index contributed by atoms with van der Waals surface area (Å²) in [5.41, 5.74) is 2.79. The van der Waals surface area contributed by atoms with Gasteiger partial charge in [0.25, 0.3) is 0 Å². The molecule has 5 atom stereocenters. The molecule has 1 unspecified atom stereocenters. The van der Waals surface area contributed by atoms with Gasteiger partial charge in [0.05, 0.1) is 23.6 Å². The molecule has 1 N–H and O–H groups in total. The van der Waals surface area contributed by atoms with Gasteiger partial charge in [-0.2, -0.15) is 5.26 Å². The second-order valence-electron chi connectivity index (χ2n) is 11.1. The van der Waals surface area contributed by atoms with E-state index >= 15 is 4.39 Å². The molecule has 3 fully saturated rings. The fourth-order valence-corrected chi connectivity index (χ4v) is 6.74. The van der Waals surface area contributed by atoms with Gasteiger partial charge in [0, 0.05) is 37.5 Å². The van der Waals surface area contributed by atoms with Gasteiger partial charge in [-0.3, -0.25) is 4.79 Å². The van der Waals surface area contributed by atoms with E-state index in [2.05, 4.69) is 16.3 Å². The number of hydrogen-bond donors (Lipinski definition) is 1. The largest absolute Gasteiger partial charge is 0.449 e. The molecule has 2 aromatic carbocycles. The van der Waals surface area contributed by atoms with Crippen LogP contribution in [-0.4, -0.2) is 48.9 Å². The Hall–Kier alpha value is -3.08. The average molecular weight is 488 g/mol. The third-order valence-corrected chi connectivity index (χ3v) is 8.63. The normalized spacial score (nSPS) is 29.4. The Morgan fingerprint density at radius 3 is 2.75 bits per heavy atom. The first kappa shape index (κ1) is 23.3. The smallest absolute Gasteiger partial charge is 0.339 e. The van der Waals surface area contributed by atoms with Crippen LogP contribution >= 0.6 is 0 Å². The number of nitriles is 1. The first-order valence-corrected chi connectivity index (χ1v) is 12.9. The van der Waals surface area contributed by atoms with E-state index < -0.39 is 11.5 Å². The summed E-state index contributed by atoms with van der Waals surface area (Å²) in [5, 5.41) is 13.1. The molecule has 4 aliphatic rings. The lowest BCUT2D eigenvalue weighted by Gasteiger charge is -2.23. The zero-order valence-electron chi connectivity index (χ0n) is 20.4. The molecule has 2 saturated heterocycles. The van der Waals surface area contributed by atoms with E-state index in [4.69, 9.17) is 4.74 Å². The molecule has 3 heterocycles. The Balaban J connectivity index is 1.19. The molecule has 2 bridgehead atoms. The van der Waals surface area contributed by atoms with Crippen LogP contribution in [-0.2, 0) is 21.6 Å². The molecule has 186 valence electrons. The Bertz CT molecular complexity index is 1290. The highest BCUT2D eigenvalue weighted by atomic mass is 19.1. The quantitative estimate of drug-likeness (QED) is 0.621. The molecule has 0 amide bonds. The van der Waals surface area contributed by atoms with Crippen molar-refractivity contribution in [1.29, 1.82) is 5.26 Å². The summed E-state index contributed by atoms with van der Waals surface area (Å²) in [6.45, 7) is 1.50. The Morgan fingerprint density at radius 1 is 1.28 bits per heavy atom. The SMILES string of the molecule is CN1CCC2(C1)OC(=O)c1ccc(-c3ccc(C[C@@H](C#N)CC(=O)[C@H]4N[C@@H]5CC[C@H]4C5)c(F)c3)cc12. The van der Waals surface area contributed by atoms with E-state index in [1.165, 1.54) is 6.07 Å². The van der Waals surface area contributed by atoms with Crippen molar-refractivity contribution in [2.24, 2.45) is 11.8 Å². The summed E-state index contributed by atoms with van der Waals surface area (Å²) in [5.74, 6) is -0.782. The number of halogens is 1. The number of piperidine rings is 1. The first-order valence-electron chi connectivity index (χ1n) is 12.9. The van der Waals surface area contributed by atoms with Crippen molar-refractivity contribution in [3.8, 4) is 17.2 Å². The highest BCUT2D eigenvalue weighted by Crippen LogP contribution is 2.44. The van der Waals surface area contributed by atoms with E-state index in [1.807, 2.05) is 25.2 Å². The molecular weight excluding hydrogens is 457 g/mol. The van der Waals surface area contributed by atoms with Crippen LogP contribution in [0.2, 0.25) is 0 Å². The molecular formula is C29H30FN3O3. The van der Waals surface area contributed by atoms with Gasteiger partial charge in [0.1, 0.15) is 5.82 Å². The van der Waals surface area contributed by atoms with Crippen molar-refractivity contribution in [3.05, 3.63) is 58.9 Å². The molecule has 36 heavy (non-hydrogen) atoms. The highest BCUT2D eigenvalue weighted by Gasteiger charge is 2.49. The van der Waals surface area contributed by atoms with Gasteiger partial charge in [0.2, 0.25) is 0 Å². The summed E-state index contributed by atoms with van der Waals surface area (Å²) in [6.07, 6.45) is 4.34. The summed E-state index contributed by atoms with van der Waals surface area (Å²) >= 11 is 0. The number of rotatable bonds is 6. The van der Waals surface area contributed by atoms with E-state index in [9.17, 15) is 14.9 Å². The summed E-state index contributed by atoms with van der Waals surface area (Å²) in [6, 6.07) is 13.1. The predicted octanol–water partition coefficient (Wildman–Crippen LogP) is 3.98. The van der Waals surface area contributed by atoms with E-state index in [-0.39, 0.29) is 36.5 Å². The van der Waals surface area contributed by atoms with Crippen LogP contribution in [0.3, 0.4) is 0 Å². The van der Waals surface area contributed by atoms with Crippen LogP contribution in [0.4, 0.5) is 4.39 Å². The number of likely N-dealkylation sites (tertiary alicyclic amines) is 1. The number of fused-ring (bicyclic) bond motifs is 4. The topological polar surface area (TPSA) is 82.4 Å². The van der Waals surface area contributed by atoms with Gasteiger partial charge in [-0.1, -0.05) is 18.2 Å². The molecule has 1 saturated carbocycles. The fraction of sp³-hybridized carbons (Fsp3) is 0.483. The molecule has 1 aliphatic carbocycles. The lowest BCUT2D eigenvalue weighted by Crippen LogP contribution is -2.42. The Kier molecular flexibility index (Phi) is 5.70. The molecule has 3 aliphatic heterocycles. The third kappa shape index (κ3) is 3.93. The van der Waals surface area contributed by atoms with E-state index in [0.717, 1.165) is 43.4 Å². The van der Waals surface area contributed by atoms with Crippen LogP contribution in [0.15, 0.2) is 36.4 Å². The van der Waals surface area contributed by atoms with Gasteiger partial charge >= 0.3 is 5.97 Å². The molecule has 0 aromatic heterocycles. The van der Waals surface area contributed by atoms with Crippen molar-refractivity contribution >= 4 is 11.8 Å². The van der Waals surface area contributed by atoms with Gasteiger partial charge in [-0.15, -0.1) is 0 Å². The van der Waals surface area contributed by atoms with E-state index in [0.29, 0.717) is 35.2 Å². The predicted molar refractivity (Wildman–Crippen MR) is 132 cm³/mol. The van der Waals surface area contributed by atoms with Crippen molar-refractivity contribution in [1.82, 2.24) is 10.2 Å². The van der Waals surface area contributed by atoms with Crippen molar-refractivity contribution < 1.29 is 18.7 Å². The lowest BCUT2D eigenvalue weighted by molar-refractivity contribution is -0.122. The van der Waals surface area contributed by atoms with Crippen LogP contribution < -0.4 is 5.32 Å². The number of nitrogens with zero attached hydrogens (tertiary/aromatic N) is 2. The van der Waals surface area contributed by atoms with Crippen LogP contribution in [0, 0.1) is 29.0 Å². The average Bonchev–Trinajstić information content (AvgIpc) is 3.65.